The summed E-state index contributed by atoms with van der Waals surface area (Å²) < 4.78 is 7.50. The molecular formula is C12H21N3O. The van der Waals surface area contributed by atoms with E-state index >= 15 is 0 Å². The van der Waals surface area contributed by atoms with Crippen molar-refractivity contribution in [3.05, 3.63) is 18.0 Å². The summed E-state index contributed by atoms with van der Waals surface area (Å²) >= 11 is 0. The molecule has 2 heterocycles. The first kappa shape index (κ1) is 11.6. The van der Waals surface area contributed by atoms with Crippen molar-refractivity contribution in [3.63, 3.8) is 0 Å². The zero-order chi connectivity index (χ0) is 11.5. The van der Waals surface area contributed by atoms with Crippen LogP contribution in [0, 0.1) is 5.92 Å². The van der Waals surface area contributed by atoms with E-state index in [-0.39, 0.29) is 6.04 Å². The Kier molecular flexibility index (Phi) is 3.61. The van der Waals surface area contributed by atoms with Gasteiger partial charge >= 0.3 is 0 Å². The minimum Gasteiger partial charge on any atom is -0.378 e. The van der Waals surface area contributed by atoms with Gasteiger partial charge in [-0.25, -0.2) is 0 Å². The molecule has 1 aromatic rings. The lowest BCUT2D eigenvalue weighted by molar-refractivity contribution is 0.0814. The van der Waals surface area contributed by atoms with Crippen LogP contribution in [0.2, 0.25) is 0 Å². The summed E-state index contributed by atoms with van der Waals surface area (Å²) in [5, 5.41) is 4.17. The number of aromatic nitrogens is 2. The van der Waals surface area contributed by atoms with Crippen LogP contribution in [0.15, 0.2) is 12.4 Å². The van der Waals surface area contributed by atoms with E-state index in [2.05, 4.69) is 12.0 Å². The van der Waals surface area contributed by atoms with Crippen LogP contribution in [-0.2, 0) is 18.2 Å². The van der Waals surface area contributed by atoms with Crippen molar-refractivity contribution in [2.45, 2.75) is 38.3 Å². The van der Waals surface area contributed by atoms with E-state index < -0.39 is 0 Å². The van der Waals surface area contributed by atoms with Gasteiger partial charge in [-0.3, -0.25) is 4.68 Å². The zero-order valence-electron chi connectivity index (χ0n) is 10.1. The number of hydrogen-bond donors (Lipinski definition) is 1. The summed E-state index contributed by atoms with van der Waals surface area (Å²) in [6.07, 6.45) is 7.35. The van der Waals surface area contributed by atoms with Crippen LogP contribution in [0.1, 0.15) is 25.3 Å². The van der Waals surface area contributed by atoms with E-state index in [9.17, 15) is 0 Å². The van der Waals surface area contributed by atoms with Crippen LogP contribution in [-0.4, -0.2) is 28.5 Å². The molecular weight excluding hydrogens is 202 g/mol. The summed E-state index contributed by atoms with van der Waals surface area (Å²) in [5.41, 5.74) is 7.49. The van der Waals surface area contributed by atoms with Crippen molar-refractivity contribution in [3.8, 4) is 0 Å². The third-order valence-corrected chi connectivity index (χ3v) is 3.44. The molecule has 0 saturated carbocycles. The average Bonchev–Trinajstić information content (AvgIpc) is 2.86. The van der Waals surface area contributed by atoms with Crippen molar-refractivity contribution in [1.82, 2.24) is 9.78 Å². The molecule has 2 rings (SSSR count). The lowest BCUT2D eigenvalue weighted by Gasteiger charge is -2.23. The van der Waals surface area contributed by atoms with Gasteiger partial charge in [0, 0.05) is 31.8 Å². The van der Waals surface area contributed by atoms with E-state index in [4.69, 9.17) is 10.5 Å². The molecule has 1 aliphatic rings. The Labute approximate surface area is 96.8 Å². The molecule has 0 aromatic carbocycles. The maximum Gasteiger partial charge on any atom is 0.0616 e. The molecule has 4 nitrogen and oxygen atoms in total. The third kappa shape index (κ3) is 2.44. The largest absolute Gasteiger partial charge is 0.378 e. The smallest absolute Gasteiger partial charge is 0.0616 e. The normalized spacial score (nSPS) is 27.2. The number of nitrogens with two attached hydrogens (primary N) is 1. The molecule has 3 unspecified atom stereocenters. The standard InChI is InChI=1S/C12H21N3O/c1-3-12-10(4-5-16-12)11(13)6-9-7-14-15(2)8-9/h7-8,10-12H,3-6,13H2,1-2H3. The first-order valence-corrected chi connectivity index (χ1v) is 6.05. The highest BCUT2D eigenvalue weighted by Gasteiger charge is 2.31. The Morgan fingerprint density at radius 2 is 2.50 bits per heavy atom. The van der Waals surface area contributed by atoms with Gasteiger partial charge in [0.05, 0.1) is 12.3 Å². The van der Waals surface area contributed by atoms with Crippen molar-refractivity contribution in [2.24, 2.45) is 18.7 Å². The molecule has 0 spiro atoms. The Morgan fingerprint density at radius 1 is 1.69 bits per heavy atom. The second kappa shape index (κ2) is 4.97. The first-order chi connectivity index (χ1) is 7.70. The average molecular weight is 223 g/mol. The Bertz CT molecular complexity index is 337. The van der Waals surface area contributed by atoms with Gasteiger partial charge in [-0.05, 0) is 24.8 Å². The van der Waals surface area contributed by atoms with Gasteiger partial charge < -0.3 is 10.5 Å². The topological polar surface area (TPSA) is 53.1 Å². The number of hydrogen-bond acceptors (Lipinski definition) is 3. The summed E-state index contributed by atoms with van der Waals surface area (Å²) in [6, 6.07) is 0.191. The molecule has 4 heteroatoms. The summed E-state index contributed by atoms with van der Waals surface area (Å²) in [7, 11) is 1.93. The molecule has 0 bridgehead atoms. The fourth-order valence-corrected chi connectivity index (χ4v) is 2.58. The third-order valence-electron chi connectivity index (χ3n) is 3.44. The number of nitrogens with zero attached hydrogens (tertiary/aromatic N) is 2. The highest BCUT2D eigenvalue weighted by Crippen LogP contribution is 2.27. The van der Waals surface area contributed by atoms with E-state index in [1.807, 2.05) is 24.1 Å². The molecule has 2 N–H and O–H groups in total. The predicted octanol–water partition coefficient (Wildman–Crippen LogP) is 1.10. The fourth-order valence-electron chi connectivity index (χ4n) is 2.58. The molecule has 0 radical (unpaired) electrons. The van der Waals surface area contributed by atoms with Crippen LogP contribution < -0.4 is 5.73 Å². The molecule has 16 heavy (non-hydrogen) atoms. The zero-order valence-corrected chi connectivity index (χ0v) is 10.1. The van der Waals surface area contributed by atoms with E-state index in [1.54, 1.807) is 0 Å². The number of aryl methyl sites for hydroxylation is 1. The molecule has 1 saturated heterocycles. The minimum atomic E-state index is 0.191. The highest BCUT2D eigenvalue weighted by molar-refractivity contribution is 5.07. The van der Waals surface area contributed by atoms with Gasteiger partial charge in [-0.1, -0.05) is 6.92 Å². The fraction of sp³-hybridized carbons (Fsp3) is 0.750. The first-order valence-electron chi connectivity index (χ1n) is 6.05. The van der Waals surface area contributed by atoms with Gasteiger partial charge in [0.15, 0.2) is 0 Å². The molecule has 0 aliphatic carbocycles. The lowest BCUT2D eigenvalue weighted by atomic mass is 9.88. The van der Waals surface area contributed by atoms with Gasteiger partial charge in [0.2, 0.25) is 0 Å². The van der Waals surface area contributed by atoms with Crippen LogP contribution in [0.25, 0.3) is 0 Å². The molecule has 0 amide bonds. The van der Waals surface area contributed by atoms with Crippen LogP contribution in [0.3, 0.4) is 0 Å². The van der Waals surface area contributed by atoms with Crippen LogP contribution in [0.5, 0.6) is 0 Å². The van der Waals surface area contributed by atoms with Crippen LogP contribution in [0.4, 0.5) is 0 Å². The Morgan fingerprint density at radius 3 is 3.12 bits per heavy atom. The van der Waals surface area contributed by atoms with Crippen molar-refractivity contribution >= 4 is 0 Å². The van der Waals surface area contributed by atoms with Crippen molar-refractivity contribution < 1.29 is 4.74 Å². The molecule has 1 aromatic heterocycles. The second-order valence-corrected chi connectivity index (χ2v) is 4.66. The Balaban J connectivity index is 1.94. The van der Waals surface area contributed by atoms with Gasteiger partial charge in [-0.15, -0.1) is 0 Å². The maximum atomic E-state index is 6.27. The van der Waals surface area contributed by atoms with Gasteiger partial charge in [0.25, 0.3) is 0 Å². The second-order valence-electron chi connectivity index (χ2n) is 4.66. The summed E-state index contributed by atoms with van der Waals surface area (Å²) in [5.74, 6) is 0.505. The molecule has 90 valence electrons. The summed E-state index contributed by atoms with van der Waals surface area (Å²) in [6.45, 7) is 3.03. The van der Waals surface area contributed by atoms with Crippen LogP contribution >= 0.6 is 0 Å². The number of ether oxygens (including phenoxy) is 1. The monoisotopic (exact) mass is 223 g/mol. The van der Waals surface area contributed by atoms with E-state index in [1.165, 1.54) is 5.56 Å². The van der Waals surface area contributed by atoms with Gasteiger partial charge in [-0.2, -0.15) is 5.10 Å². The van der Waals surface area contributed by atoms with E-state index in [0.29, 0.717) is 12.0 Å². The minimum absolute atomic E-state index is 0.191. The SMILES string of the molecule is CCC1OCCC1C(N)Cc1cnn(C)c1. The van der Waals surface area contributed by atoms with E-state index in [0.717, 1.165) is 25.9 Å². The van der Waals surface area contributed by atoms with Crippen molar-refractivity contribution in [1.29, 1.82) is 0 Å². The summed E-state index contributed by atoms with van der Waals surface area (Å²) in [4.78, 5) is 0. The van der Waals surface area contributed by atoms with Crippen molar-refractivity contribution in [2.75, 3.05) is 6.61 Å². The lowest BCUT2D eigenvalue weighted by Crippen LogP contribution is -2.36. The van der Waals surface area contributed by atoms with Gasteiger partial charge in [0.1, 0.15) is 0 Å². The maximum absolute atomic E-state index is 6.27. The quantitative estimate of drug-likeness (QED) is 0.831. The highest BCUT2D eigenvalue weighted by atomic mass is 16.5. The number of rotatable bonds is 4. The predicted molar refractivity (Wildman–Crippen MR) is 63.0 cm³/mol. The molecule has 1 fully saturated rings. The Hall–Kier alpha value is -0.870. The molecule has 1 aliphatic heterocycles. The molecule has 3 atom stereocenters.